The van der Waals surface area contributed by atoms with Crippen LogP contribution < -0.4 is 10.2 Å². The van der Waals surface area contributed by atoms with Crippen LogP contribution in [0.1, 0.15) is 68.1 Å². The average molecular weight is 469 g/mol. The van der Waals surface area contributed by atoms with Gasteiger partial charge in [0, 0.05) is 25.8 Å². The second-order valence-corrected chi connectivity index (χ2v) is 9.84. The summed E-state index contributed by atoms with van der Waals surface area (Å²) in [6.45, 7) is 7.64. The fraction of sp³-hybridized carbons (Fsp3) is 0.538. The molecule has 1 aromatic carbocycles. The minimum atomic E-state index is -1.02. The highest BCUT2D eigenvalue weighted by Gasteiger charge is 2.23. The summed E-state index contributed by atoms with van der Waals surface area (Å²) in [6, 6.07) is 10.6. The molecule has 0 atom stereocenters. The van der Waals surface area contributed by atoms with Gasteiger partial charge in [0.2, 0.25) is 5.95 Å². The highest BCUT2D eigenvalue weighted by Crippen LogP contribution is 2.24. The first kappa shape index (κ1) is 25.5. The first-order chi connectivity index (χ1) is 16.2. The predicted molar refractivity (Wildman–Crippen MR) is 131 cm³/mol. The molecule has 1 aliphatic heterocycles. The van der Waals surface area contributed by atoms with E-state index in [1.165, 1.54) is 11.8 Å². The van der Waals surface area contributed by atoms with Crippen LogP contribution in [0, 0.1) is 5.92 Å². The zero-order chi connectivity index (χ0) is 24.6. The van der Waals surface area contributed by atoms with Crippen molar-refractivity contribution in [2.75, 3.05) is 24.5 Å². The van der Waals surface area contributed by atoms with E-state index >= 15 is 0 Å². The molecule has 0 unspecified atom stereocenters. The molecule has 1 aromatic heterocycles. The Balaban J connectivity index is 1.51. The Morgan fingerprint density at radius 3 is 2.50 bits per heavy atom. The molecule has 8 heteroatoms. The number of aromatic carboxylic acids is 1. The van der Waals surface area contributed by atoms with Crippen LogP contribution in [0.25, 0.3) is 0 Å². The number of anilines is 1. The van der Waals surface area contributed by atoms with Crippen LogP contribution in [0.5, 0.6) is 0 Å². The topological polar surface area (TPSA) is 105 Å². The lowest BCUT2D eigenvalue weighted by atomic mass is 9.90. The number of benzene rings is 1. The Bertz CT molecular complexity index is 951. The summed E-state index contributed by atoms with van der Waals surface area (Å²) < 4.78 is 5.22. The Kier molecular flexibility index (Phi) is 8.85. The van der Waals surface area contributed by atoms with E-state index in [2.05, 4.69) is 44.5 Å². The van der Waals surface area contributed by atoms with E-state index in [9.17, 15) is 14.7 Å². The normalized spacial score (nSPS) is 14.6. The summed E-state index contributed by atoms with van der Waals surface area (Å²) in [5.74, 6) is 0.217. The highest BCUT2D eigenvalue weighted by molar-refractivity contribution is 5.88. The number of aryl methyl sites for hydroxylation is 1. The number of hydrogen-bond donors (Lipinski definition) is 2. The minimum absolute atomic E-state index is 0.141. The number of aromatic nitrogens is 2. The van der Waals surface area contributed by atoms with Gasteiger partial charge in [0.15, 0.2) is 0 Å². The molecular weight excluding hydrogens is 432 g/mol. The van der Waals surface area contributed by atoms with Gasteiger partial charge in [-0.05, 0) is 70.8 Å². The van der Waals surface area contributed by atoms with E-state index in [0.717, 1.165) is 32.4 Å². The molecule has 184 valence electrons. The number of unbranched alkanes of at least 4 members (excludes halogenated alkanes) is 1. The van der Waals surface area contributed by atoms with Gasteiger partial charge in [-0.1, -0.05) is 30.3 Å². The first-order valence-corrected chi connectivity index (χ1v) is 12.1. The van der Waals surface area contributed by atoms with Gasteiger partial charge in [0.25, 0.3) is 0 Å². The second kappa shape index (κ2) is 11.8. The molecular formula is C26H36N4O4. The second-order valence-electron chi connectivity index (χ2n) is 9.84. The Morgan fingerprint density at radius 2 is 1.85 bits per heavy atom. The maximum Gasteiger partial charge on any atom is 0.407 e. The summed E-state index contributed by atoms with van der Waals surface area (Å²) in [7, 11) is 0. The van der Waals surface area contributed by atoms with E-state index in [0.29, 0.717) is 43.4 Å². The zero-order valence-corrected chi connectivity index (χ0v) is 20.4. The summed E-state index contributed by atoms with van der Waals surface area (Å²) in [6.07, 6.45) is 6.09. The van der Waals surface area contributed by atoms with Crippen LogP contribution in [0.4, 0.5) is 10.7 Å². The van der Waals surface area contributed by atoms with Crippen LogP contribution in [0.15, 0.2) is 36.5 Å². The molecule has 1 saturated heterocycles. The van der Waals surface area contributed by atoms with Crippen LogP contribution in [0.3, 0.4) is 0 Å². The maximum absolute atomic E-state index is 11.7. The fourth-order valence-electron chi connectivity index (χ4n) is 4.13. The lowest BCUT2D eigenvalue weighted by molar-refractivity contribution is 0.0526. The third-order valence-electron chi connectivity index (χ3n) is 5.86. The van der Waals surface area contributed by atoms with E-state index in [1.54, 1.807) is 0 Å². The van der Waals surface area contributed by atoms with Gasteiger partial charge in [-0.15, -0.1) is 0 Å². The van der Waals surface area contributed by atoms with Gasteiger partial charge < -0.3 is 20.1 Å². The number of piperidine rings is 1. The molecule has 8 nitrogen and oxygen atoms in total. The Labute approximate surface area is 201 Å². The lowest BCUT2D eigenvalue weighted by Gasteiger charge is -2.32. The first-order valence-electron chi connectivity index (χ1n) is 12.1. The summed E-state index contributed by atoms with van der Waals surface area (Å²) in [5.41, 5.74) is 1.52. The Morgan fingerprint density at radius 1 is 1.15 bits per heavy atom. The van der Waals surface area contributed by atoms with Crippen LogP contribution >= 0.6 is 0 Å². The average Bonchev–Trinajstić information content (AvgIpc) is 2.78. The quantitative estimate of drug-likeness (QED) is 0.523. The van der Waals surface area contributed by atoms with Crippen LogP contribution in [0.2, 0.25) is 0 Å². The molecule has 1 fully saturated rings. The molecule has 0 saturated carbocycles. The molecule has 1 amide bonds. The summed E-state index contributed by atoms with van der Waals surface area (Å²) in [4.78, 5) is 34.6. The van der Waals surface area contributed by atoms with E-state index in [-0.39, 0.29) is 5.56 Å². The number of carboxylic acids is 1. The number of nitrogens with zero attached hydrogens (tertiary/aromatic N) is 3. The molecule has 1 aliphatic rings. The number of carboxylic acid groups (broad SMARTS) is 1. The van der Waals surface area contributed by atoms with Crippen molar-refractivity contribution in [2.45, 2.75) is 64.9 Å². The number of nitrogens with one attached hydrogen (secondary N) is 1. The van der Waals surface area contributed by atoms with Crippen molar-refractivity contribution in [1.82, 2.24) is 15.3 Å². The van der Waals surface area contributed by atoms with Crippen molar-refractivity contribution in [3.8, 4) is 0 Å². The Hall–Kier alpha value is -3.16. The van der Waals surface area contributed by atoms with Crippen molar-refractivity contribution in [2.24, 2.45) is 5.92 Å². The number of alkyl carbamates (subject to hydrolysis) is 1. The standard InChI is InChI=1S/C26H36N4O4/c1-26(2,3)34-25(33)27-14-8-7-11-22-21(23(31)32)18-28-24(29-22)30-15-12-20(13-16-30)17-19-9-5-4-6-10-19/h4-6,9-10,18,20H,7-8,11-17H2,1-3H3,(H,27,33)(H,31,32). The monoisotopic (exact) mass is 468 g/mol. The lowest BCUT2D eigenvalue weighted by Crippen LogP contribution is -2.35. The number of ether oxygens (including phenoxy) is 1. The molecule has 2 N–H and O–H groups in total. The molecule has 2 aromatic rings. The van der Waals surface area contributed by atoms with Gasteiger partial charge in [0.1, 0.15) is 5.60 Å². The largest absolute Gasteiger partial charge is 0.478 e. The third kappa shape index (κ3) is 8.01. The number of amides is 1. The molecule has 3 rings (SSSR count). The number of carbonyl (C=O) groups excluding carboxylic acids is 1. The van der Waals surface area contributed by atoms with E-state index in [4.69, 9.17) is 4.74 Å². The van der Waals surface area contributed by atoms with Crippen molar-refractivity contribution in [1.29, 1.82) is 0 Å². The van der Waals surface area contributed by atoms with Crippen molar-refractivity contribution in [3.05, 3.63) is 53.3 Å². The number of hydrogen-bond acceptors (Lipinski definition) is 6. The SMILES string of the molecule is CC(C)(C)OC(=O)NCCCCc1nc(N2CCC(Cc3ccccc3)CC2)ncc1C(=O)O. The predicted octanol–water partition coefficient (Wildman–Crippen LogP) is 4.48. The highest BCUT2D eigenvalue weighted by atomic mass is 16.6. The smallest absolute Gasteiger partial charge is 0.407 e. The number of carbonyl (C=O) groups is 2. The molecule has 0 aliphatic carbocycles. The maximum atomic E-state index is 11.7. The minimum Gasteiger partial charge on any atom is -0.478 e. The van der Waals surface area contributed by atoms with E-state index < -0.39 is 17.7 Å². The van der Waals surface area contributed by atoms with Crippen molar-refractivity contribution >= 4 is 18.0 Å². The zero-order valence-electron chi connectivity index (χ0n) is 20.4. The van der Waals surface area contributed by atoms with Gasteiger partial charge in [0.05, 0.1) is 11.3 Å². The molecule has 0 spiro atoms. The number of rotatable bonds is 9. The van der Waals surface area contributed by atoms with E-state index in [1.807, 2.05) is 26.8 Å². The molecule has 0 bridgehead atoms. The summed E-state index contributed by atoms with van der Waals surface area (Å²) in [5, 5.41) is 12.3. The molecule has 34 heavy (non-hydrogen) atoms. The van der Waals surface area contributed by atoms with Gasteiger partial charge in [-0.25, -0.2) is 19.6 Å². The molecule has 2 heterocycles. The van der Waals surface area contributed by atoms with Crippen molar-refractivity contribution < 1.29 is 19.4 Å². The van der Waals surface area contributed by atoms with Gasteiger partial charge in [-0.2, -0.15) is 0 Å². The summed E-state index contributed by atoms with van der Waals surface area (Å²) >= 11 is 0. The van der Waals surface area contributed by atoms with Crippen LogP contribution in [-0.2, 0) is 17.6 Å². The van der Waals surface area contributed by atoms with Crippen LogP contribution in [-0.4, -0.2) is 52.4 Å². The third-order valence-corrected chi connectivity index (χ3v) is 5.86. The van der Waals surface area contributed by atoms with Gasteiger partial charge in [-0.3, -0.25) is 0 Å². The molecule has 0 radical (unpaired) electrons. The fourth-order valence-corrected chi connectivity index (χ4v) is 4.13. The van der Waals surface area contributed by atoms with Crippen molar-refractivity contribution in [3.63, 3.8) is 0 Å². The van der Waals surface area contributed by atoms with Gasteiger partial charge >= 0.3 is 12.1 Å².